The molecule has 60 valence electrons. The quantitative estimate of drug-likeness (QED) is 0.698. The van der Waals surface area contributed by atoms with Crippen molar-refractivity contribution in [1.82, 2.24) is 5.32 Å². The molecule has 0 aliphatic heterocycles. The smallest absolute Gasteiger partial charge is 0.0626 e. The molecule has 0 spiro atoms. The summed E-state index contributed by atoms with van der Waals surface area (Å²) in [5.41, 5.74) is 0.823. The van der Waals surface area contributed by atoms with E-state index in [-0.39, 0.29) is 0 Å². The second kappa shape index (κ2) is 4.14. The second-order valence-corrected chi connectivity index (χ2v) is 2.69. The Labute approximate surface area is 71.3 Å². The van der Waals surface area contributed by atoms with Gasteiger partial charge in [-0.25, -0.2) is 0 Å². The summed E-state index contributed by atoms with van der Waals surface area (Å²) in [6, 6.07) is 6.46. The Morgan fingerprint density at radius 1 is 1.45 bits per heavy atom. The molecule has 1 heteroatoms. The van der Waals surface area contributed by atoms with Crippen LogP contribution >= 0.6 is 0 Å². The number of likely N-dealkylation sites (N-methyl/N-ethyl adjacent to an activating group) is 1. The van der Waals surface area contributed by atoms with Crippen molar-refractivity contribution in [2.24, 2.45) is 0 Å². The largest absolute Gasteiger partial charge is 0.317 e. The first kappa shape index (κ1) is 5.78. The lowest BCUT2D eigenvalue weighted by molar-refractivity contribution is 0.608. The molecule has 0 aromatic heterocycles. The minimum atomic E-state index is 0.315. The number of hydrogen-bond acceptors (Lipinski definition) is 1. The molecule has 1 aromatic carbocycles. The van der Waals surface area contributed by atoms with Gasteiger partial charge in [-0.3, -0.25) is 0 Å². The van der Waals surface area contributed by atoms with Crippen LogP contribution in [0, 0.1) is 0 Å². The Bertz CT molecular complexity index is 266. The van der Waals surface area contributed by atoms with Gasteiger partial charge in [0.15, 0.2) is 0 Å². The Kier molecular flexibility index (Phi) is 2.18. The minimum absolute atomic E-state index is 0.315. The molecule has 11 heavy (non-hydrogen) atoms. The summed E-state index contributed by atoms with van der Waals surface area (Å²) < 4.78 is 15.3. The molecule has 1 N–H and O–H groups in total. The van der Waals surface area contributed by atoms with Crippen molar-refractivity contribution in [2.45, 2.75) is 19.4 Å². The van der Waals surface area contributed by atoms with Crippen LogP contribution in [0.4, 0.5) is 0 Å². The zero-order valence-corrected chi connectivity index (χ0v) is 7.02. The van der Waals surface area contributed by atoms with Crippen LogP contribution in [0.25, 0.3) is 0 Å². The van der Waals surface area contributed by atoms with E-state index in [0.29, 0.717) is 18.1 Å². The summed E-state index contributed by atoms with van der Waals surface area (Å²) in [5.74, 6) is 0. The Morgan fingerprint density at radius 3 is 2.64 bits per heavy atom. The summed E-state index contributed by atoms with van der Waals surface area (Å²) in [6.45, 7) is 2.05. The Balaban J connectivity index is 2.87. The van der Waals surface area contributed by atoms with Gasteiger partial charge in [0, 0.05) is 6.04 Å². The fourth-order valence-electron chi connectivity index (χ4n) is 0.913. The molecule has 0 unspecified atom stereocenters. The van der Waals surface area contributed by atoms with Crippen molar-refractivity contribution in [3.05, 3.63) is 35.8 Å². The van der Waals surface area contributed by atoms with Gasteiger partial charge in [-0.1, -0.05) is 30.3 Å². The zero-order valence-electron chi connectivity index (χ0n) is 9.02. The van der Waals surface area contributed by atoms with Crippen molar-refractivity contribution >= 4 is 0 Å². The van der Waals surface area contributed by atoms with Gasteiger partial charge in [0.1, 0.15) is 0 Å². The minimum Gasteiger partial charge on any atom is -0.317 e. The van der Waals surface area contributed by atoms with Crippen molar-refractivity contribution in [3.8, 4) is 0 Å². The van der Waals surface area contributed by atoms with Crippen LogP contribution < -0.4 is 5.32 Å². The molecule has 0 amide bonds. The van der Waals surface area contributed by atoms with Gasteiger partial charge in [0.2, 0.25) is 0 Å². The summed E-state index contributed by atoms with van der Waals surface area (Å²) >= 11 is 0. The highest BCUT2D eigenvalue weighted by atomic mass is 14.8. The molecule has 0 aliphatic carbocycles. The standard InChI is InChI=1S/C10H15N/c1-9(11-2)8-10-6-4-3-5-7-10/h3-7,9,11H,8H2,1-2H3/t9-/m0/s1/i6T,7T. The van der Waals surface area contributed by atoms with Gasteiger partial charge in [-0.2, -0.15) is 0 Å². The first-order valence-electron chi connectivity index (χ1n) is 4.87. The highest BCUT2D eigenvalue weighted by Crippen LogP contribution is 2.01. The second-order valence-electron chi connectivity index (χ2n) is 2.69. The van der Waals surface area contributed by atoms with Crippen molar-refractivity contribution in [2.75, 3.05) is 7.05 Å². The van der Waals surface area contributed by atoms with Crippen LogP contribution in [0.15, 0.2) is 30.3 Å². The van der Waals surface area contributed by atoms with Crippen molar-refractivity contribution < 1.29 is 2.74 Å². The van der Waals surface area contributed by atoms with Crippen LogP contribution in [0.5, 0.6) is 0 Å². The molecule has 0 heterocycles. The number of nitrogens with one attached hydrogen (secondary N) is 1. The maximum atomic E-state index is 7.63. The monoisotopic (exact) mass is 153 g/mol. The normalized spacial score (nSPS) is 15.5. The molecule has 1 rings (SSSR count). The zero-order chi connectivity index (χ0) is 9.84. The summed E-state index contributed by atoms with van der Waals surface area (Å²) in [6.07, 6.45) is 0.745. The predicted molar refractivity (Wildman–Crippen MR) is 48.7 cm³/mol. The third kappa shape index (κ3) is 2.72. The summed E-state index contributed by atoms with van der Waals surface area (Å²) in [4.78, 5) is 0. The van der Waals surface area contributed by atoms with Crippen LogP contribution in [-0.4, -0.2) is 13.1 Å². The van der Waals surface area contributed by atoms with Crippen LogP contribution in [0.1, 0.15) is 15.2 Å². The average Bonchev–Trinajstić information content (AvgIpc) is 2.11. The van der Waals surface area contributed by atoms with Crippen molar-refractivity contribution in [3.63, 3.8) is 0 Å². The maximum Gasteiger partial charge on any atom is 0.0626 e. The van der Waals surface area contributed by atoms with E-state index in [2.05, 4.69) is 5.32 Å². The summed E-state index contributed by atoms with van der Waals surface area (Å²) in [7, 11) is 1.89. The van der Waals surface area contributed by atoms with E-state index in [9.17, 15) is 0 Å². The molecule has 0 radical (unpaired) electrons. The summed E-state index contributed by atoms with van der Waals surface area (Å²) in [5, 5.41) is 3.10. The lowest BCUT2D eigenvalue weighted by atomic mass is 10.1. The highest BCUT2D eigenvalue weighted by molar-refractivity contribution is 5.15. The van der Waals surface area contributed by atoms with Gasteiger partial charge in [-0.05, 0) is 26.0 Å². The lowest BCUT2D eigenvalue weighted by Crippen LogP contribution is -2.23. The molecular formula is C10H15N. The number of rotatable bonds is 3. The number of hydrogen-bond donors (Lipinski definition) is 1. The van der Waals surface area contributed by atoms with Crippen LogP contribution in [-0.2, 0) is 6.42 Å². The van der Waals surface area contributed by atoms with E-state index in [1.807, 2.05) is 14.0 Å². The molecule has 0 saturated carbocycles. The van der Waals surface area contributed by atoms with Gasteiger partial charge in [0.05, 0.1) is 2.74 Å². The first-order chi connectivity index (χ1) is 6.15. The highest BCUT2D eigenvalue weighted by Gasteiger charge is 1.97. The third-order valence-electron chi connectivity index (χ3n) is 1.71. The molecule has 0 fully saturated rings. The average molecular weight is 153 g/mol. The topological polar surface area (TPSA) is 12.0 Å². The fraction of sp³-hybridized carbons (Fsp3) is 0.400. The lowest BCUT2D eigenvalue weighted by Gasteiger charge is -2.08. The molecular weight excluding hydrogens is 134 g/mol. The number of benzene rings is 1. The van der Waals surface area contributed by atoms with Crippen LogP contribution in [0.3, 0.4) is 0 Å². The van der Waals surface area contributed by atoms with E-state index in [1.54, 1.807) is 18.2 Å². The van der Waals surface area contributed by atoms with E-state index < -0.39 is 0 Å². The Hall–Kier alpha value is -0.820. The molecule has 0 saturated heterocycles. The molecule has 0 bridgehead atoms. The van der Waals surface area contributed by atoms with Gasteiger partial charge in [0.25, 0.3) is 0 Å². The van der Waals surface area contributed by atoms with Crippen LogP contribution in [0.2, 0.25) is 0 Å². The first-order valence-corrected chi connectivity index (χ1v) is 3.87. The van der Waals surface area contributed by atoms with E-state index in [0.717, 1.165) is 12.0 Å². The molecule has 1 nitrogen and oxygen atoms in total. The molecule has 1 aromatic rings. The van der Waals surface area contributed by atoms with E-state index >= 15 is 0 Å². The van der Waals surface area contributed by atoms with Crippen molar-refractivity contribution in [1.29, 1.82) is 0 Å². The van der Waals surface area contributed by atoms with E-state index in [4.69, 9.17) is 2.74 Å². The van der Waals surface area contributed by atoms with Gasteiger partial charge < -0.3 is 5.32 Å². The molecule has 0 aliphatic rings. The maximum absolute atomic E-state index is 7.63. The third-order valence-corrected chi connectivity index (χ3v) is 1.71. The van der Waals surface area contributed by atoms with Gasteiger partial charge in [-0.15, -0.1) is 0 Å². The fourth-order valence-corrected chi connectivity index (χ4v) is 0.913. The SMILES string of the molecule is [3H]c1cccc([3H])c1C[C@H](C)NC. The van der Waals surface area contributed by atoms with Gasteiger partial charge >= 0.3 is 0 Å². The Morgan fingerprint density at radius 2 is 2.09 bits per heavy atom. The molecule has 1 atom stereocenters. The predicted octanol–water partition coefficient (Wildman–Crippen LogP) is 1.84. The van der Waals surface area contributed by atoms with E-state index in [1.165, 1.54) is 0 Å².